The predicted octanol–water partition coefficient (Wildman–Crippen LogP) is 3.91. The summed E-state index contributed by atoms with van der Waals surface area (Å²) in [5.41, 5.74) is 2.34. The average molecular weight is 388 g/mol. The van der Waals surface area contributed by atoms with Crippen LogP contribution in [0.15, 0.2) is 73.1 Å². The molecule has 0 aliphatic carbocycles. The van der Waals surface area contributed by atoms with Crippen LogP contribution in [0.25, 0.3) is 0 Å². The SMILES string of the molecule is O=C(c1cnc(NCC2CCCO2)nc1)N(Cc1ccccc1)c1ccccc1. The zero-order chi connectivity index (χ0) is 19.9. The number of anilines is 2. The number of rotatable bonds is 7. The minimum Gasteiger partial charge on any atom is -0.376 e. The summed E-state index contributed by atoms with van der Waals surface area (Å²) in [7, 11) is 0. The van der Waals surface area contributed by atoms with Crippen LogP contribution in [0.1, 0.15) is 28.8 Å². The standard InChI is InChI=1S/C23H24N4O2/c28-22(19-14-24-23(25-15-19)26-16-21-12-7-13-29-21)27(20-10-5-2-6-11-20)17-18-8-3-1-4-9-18/h1-6,8-11,14-15,21H,7,12-13,16-17H2,(H,24,25,26). The van der Waals surface area contributed by atoms with Gasteiger partial charge in [-0.05, 0) is 30.5 Å². The van der Waals surface area contributed by atoms with E-state index >= 15 is 0 Å². The number of para-hydroxylation sites is 1. The minimum absolute atomic E-state index is 0.134. The second-order valence-corrected chi connectivity index (χ2v) is 7.02. The van der Waals surface area contributed by atoms with E-state index in [9.17, 15) is 4.79 Å². The van der Waals surface area contributed by atoms with Crippen LogP contribution in [-0.4, -0.2) is 35.1 Å². The van der Waals surface area contributed by atoms with Crippen LogP contribution >= 0.6 is 0 Å². The highest BCUT2D eigenvalue weighted by Crippen LogP contribution is 2.20. The quantitative estimate of drug-likeness (QED) is 0.665. The van der Waals surface area contributed by atoms with E-state index in [1.54, 1.807) is 17.3 Å². The third-order valence-corrected chi connectivity index (χ3v) is 4.91. The maximum absolute atomic E-state index is 13.2. The lowest BCUT2D eigenvalue weighted by Gasteiger charge is -2.23. The van der Waals surface area contributed by atoms with Crippen molar-refractivity contribution in [1.82, 2.24) is 9.97 Å². The topological polar surface area (TPSA) is 67.3 Å². The van der Waals surface area contributed by atoms with Crippen molar-refractivity contribution >= 4 is 17.5 Å². The van der Waals surface area contributed by atoms with Crippen LogP contribution in [0.3, 0.4) is 0 Å². The van der Waals surface area contributed by atoms with Crippen LogP contribution in [-0.2, 0) is 11.3 Å². The molecule has 0 saturated carbocycles. The third-order valence-electron chi connectivity index (χ3n) is 4.91. The molecule has 0 spiro atoms. The van der Waals surface area contributed by atoms with E-state index < -0.39 is 0 Å². The van der Waals surface area contributed by atoms with Crippen molar-refractivity contribution in [3.8, 4) is 0 Å². The van der Waals surface area contributed by atoms with Crippen LogP contribution in [0.2, 0.25) is 0 Å². The van der Waals surface area contributed by atoms with Gasteiger partial charge in [-0.2, -0.15) is 0 Å². The molecule has 4 rings (SSSR count). The van der Waals surface area contributed by atoms with Crippen LogP contribution < -0.4 is 10.2 Å². The zero-order valence-electron chi connectivity index (χ0n) is 16.2. The summed E-state index contributed by atoms with van der Waals surface area (Å²) in [5, 5.41) is 3.18. The Morgan fingerprint density at radius 3 is 2.38 bits per heavy atom. The first-order valence-corrected chi connectivity index (χ1v) is 9.88. The van der Waals surface area contributed by atoms with Crippen molar-refractivity contribution in [2.45, 2.75) is 25.5 Å². The van der Waals surface area contributed by atoms with Gasteiger partial charge in [-0.1, -0.05) is 48.5 Å². The number of aromatic nitrogens is 2. The van der Waals surface area contributed by atoms with Gasteiger partial charge in [0.1, 0.15) is 0 Å². The van der Waals surface area contributed by atoms with Gasteiger partial charge in [0, 0.05) is 31.2 Å². The van der Waals surface area contributed by atoms with E-state index in [-0.39, 0.29) is 12.0 Å². The first-order chi connectivity index (χ1) is 14.3. The van der Waals surface area contributed by atoms with Gasteiger partial charge in [0.05, 0.1) is 18.2 Å². The van der Waals surface area contributed by atoms with Gasteiger partial charge in [-0.25, -0.2) is 9.97 Å². The first kappa shape index (κ1) is 19.1. The largest absolute Gasteiger partial charge is 0.376 e. The van der Waals surface area contributed by atoms with Crippen molar-refractivity contribution in [1.29, 1.82) is 0 Å². The van der Waals surface area contributed by atoms with Crippen molar-refractivity contribution < 1.29 is 9.53 Å². The van der Waals surface area contributed by atoms with E-state index in [2.05, 4.69) is 15.3 Å². The highest BCUT2D eigenvalue weighted by molar-refractivity contribution is 6.05. The zero-order valence-corrected chi connectivity index (χ0v) is 16.2. The third kappa shape index (κ3) is 4.97. The monoisotopic (exact) mass is 388 g/mol. The molecule has 29 heavy (non-hydrogen) atoms. The average Bonchev–Trinajstić information content (AvgIpc) is 3.31. The van der Waals surface area contributed by atoms with Gasteiger partial charge in [0.2, 0.25) is 5.95 Å². The number of nitrogens with one attached hydrogen (secondary N) is 1. The van der Waals surface area contributed by atoms with Gasteiger partial charge in [0.15, 0.2) is 0 Å². The Kier molecular flexibility index (Phi) is 6.12. The second kappa shape index (κ2) is 9.30. The molecule has 6 heteroatoms. The molecular weight excluding hydrogens is 364 g/mol. The Balaban J connectivity index is 1.49. The summed E-state index contributed by atoms with van der Waals surface area (Å²) in [4.78, 5) is 23.6. The van der Waals surface area contributed by atoms with Gasteiger partial charge < -0.3 is 15.0 Å². The molecule has 6 nitrogen and oxygen atoms in total. The number of nitrogens with zero attached hydrogens (tertiary/aromatic N) is 3. The molecule has 1 fully saturated rings. The molecule has 2 aromatic carbocycles. The van der Waals surface area contributed by atoms with E-state index in [0.717, 1.165) is 30.7 Å². The molecule has 1 amide bonds. The van der Waals surface area contributed by atoms with E-state index in [1.165, 1.54) is 0 Å². The number of carbonyl (C=O) groups excluding carboxylic acids is 1. The van der Waals surface area contributed by atoms with Gasteiger partial charge in [-0.3, -0.25) is 4.79 Å². The molecule has 3 aromatic rings. The van der Waals surface area contributed by atoms with Crippen molar-refractivity contribution in [3.63, 3.8) is 0 Å². The lowest BCUT2D eigenvalue weighted by atomic mass is 10.1. The molecule has 0 radical (unpaired) electrons. The Morgan fingerprint density at radius 1 is 1.03 bits per heavy atom. The number of benzene rings is 2. The number of hydrogen-bond donors (Lipinski definition) is 1. The lowest BCUT2D eigenvalue weighted by molar-refractivity contribution is 0.0984. The fourth-order valence-electron chi connectivity index (χ4n) is 3.35. The molecule has 1 atom stereocenters. The Labute approximate surface area is 170 Å². The molecule has 1 aromatic heterocycles. The molecule has 1 N–H and O–H groups in total. The lowest BCUT2D eigenvalue weighted by Crippen LogP contribution is -2.30. The normalized spacial score (nSPS) is 15.8. The molecule has 1 aliphatic rings. The minimum atomic E-state index is -0.134. The number of carbonyl (C=O) groups is 1. The predicted molar refractivity (Wildman–Crippen MR) is 113 cm³/mol. The summed E-state index contributed by atoms with van der Waals surface area (Å²) >= 11 is 0. The molecule has 1 saturated heterocycles. The summed E-state index contributed by atoms with van der Waals surface area (Å²) in [6.07, 6.45) is 5.51. The number of ether oxygens (including phenoxy) is 1. The molecule has 1 unspecified atom stereocenters. The maximum Gasteiger partial charge on any atom is 0.261 e. The molecule has 2 heterocycles. The van der Waals surface area contributed by atoms with Gasteiger partial charge in [0.25, 0.3) is 5.91 Å². The highest BCUT2D eigenvalue weighted by Gasteiger charge is 2.19. The highest BCUT2D eigenvalue weighted by atomic mass is 16.5. The van der Waals surface area contributed by atoms with Crippen molar-refractivity contribution in [2.75, 3.05) is 23.4 Å². The summed E-state index contributed by atoms with van der Waals surface area (Å²) in [6.45, 7) is 1.97. The number of hydrogen-bond acceptors (Lipinski definition) is 5. The fourth-order valence-corrected chi connectivity index (χ4v) is 3.35. The summed E-state index contributed by atoms with van der Waals surface area (Å²) < 4.78 is 5.59. The molecule has 148 valence electrons. The maximum atomic E-state index is 13.2. The fraction of sp³-hybridized carbons (Fsp3) is 0.261. The molecular formula is C23H24N4O2. The van der Waals surface area contributed by atoms with E-state index in [4.69, 9.17) is 4.74 Å². The van der Waals surface area contributed by atoms with E-state index in [1.807, 2.05) is 60.7 Å². The van der Waals surface area contributed by atoms with Crippen LogP contribution in [0, 0.1) is 0 Å². The molecule has 0 bridgehead atoms. The Morgan fingerprint density at radius 2 is 1.72 bits per heavy atom. The van der Waals surface area contributed by atoms with Crippen molar-refractivity contribution in [2.24, 2.45) is 0 Å². The first-order valence-electron chi connectivity index (χ1n) is 9.88. The second-order valence-electron chi connectivity index (χ2n) is 7.02. The smallest absolute Gasteiger partial charge is 0.261 e. The van der Waals surface area contributed by atoms with Crippen molar-refractivity contribution in [3.05, 3.63) is 84.2 Å². The molecule has 1 aliphatic heterocycles. The van der Waals surface area contributed by atoms with Gasteiger partial charge in [-0.15, -0.1) is 0 Å². The Hall–Kier alpha value is -3.25. The Bertz CT molecular complexity index is 911. The van der Waals surface area contributed by atoms with Crippen LogP contribution in [0.4, 0.5) is 11.6 Å². The van der Waals surface area contributed by atoms with Gasteiger partial charge >= 0.3 is 0 Å². The van der Waals surface area contributed by atoms with Crippen LogP contribution in [0.5, 0.6) is 0 Å². The summed E-state index contributed by atoms with van der Waals surface area (Å²) in [5.74, 6) is 0.372. The number of amides is 1. The van der Waals surface area contributed by atoms with E-state index in [0.29, 0.717) is 24.6 Å². The summed E-state index contributed by atoms with van der Waals surface area (Å²) in [6, 6.07) is 19.6.